The molecule has 2 rings (SSSR count). The standard InChI is InChI=1S/C15H16ClNO/c16-15-4-2-1-3-13(15)11-18-10-9-12-5-7-14(17)8-6-12/h1-8H,9-11,17H2. The number of benzene rings is 2. The molecule has 0 saturated carbocycles. The van der Waals surface area contributed by atoms with Crippen LogP contribution in [0.1, 0.15) is 11.1 Å². The number of rotatable bonds is 5. The molecule has 0 amide bonds. The van der Waals surface area contributed by atoms with Crippen LogP contribution in [0.3, 0.4) is 0 Å². The molecule has 0 spiro atoms. The molecule has 2 aromatic rings. The molecule has 94 valence electrons. The first kappa shape index (κ1) is 12.9. The van der Waals surface area contributed by atoms with Crippen LogP contribution in [0.4, 0.5) is 5.69 Å². The number of anilines is 1. The van der Waals surface area contributed by atoms with Crippen molar-refractivity contribution in [3.05, 3.63) is 64.7 Å². The van der Waals surface area contributed by atoms with Gasteiger partial charge in [0.25, 0.3) is 0 Å². The lowest BCUT2D eigenvalue weighted by molar-refractivity contribution is 0.124. The Bertz CT molecular complexity index is 496. The molecular formula is C15H16ClNO. The quantitative estimate of drug-likeness (QED) is 0.658. The second kappa shape index (κ2) is 6.43. The fourth-order valence-electron chi connectivity index (χ4n) is 1.67. The van der Waals surface area contributed by atoms with Gasteiger partial charge >= 0.3 is 0 Å². The number of hydrogen-bond donors (Lipinski definition) is 1. The minimum Gasteiger partial charge on any atom is -0.399 e. The molecule has 0 aromatic heterocycles. The smallest absolute Gasteiger partial charge is 0.0731 e. The first-order chi connectivity index (χ1) is 8.75. The van der Waals surface area contributed by atoms with Crippen molar-refractivity contribution in [2.24, 2.45) is 0 Å². The molecule has 0 atom stereocenters. The molecule has 2 nitrogen and oxygen atoms in total. The highest BCUT2D eigenvalue weighted by Gasteiger charge is 1.99. The van der Waals surface area contributed by atoms with Gasteiger partial charge in [0.05, 0.1) is 13.2 Å². The summed E-state index contributed by atoms with van der Waals surface area (Å²) in [5.41, 5.74) is 8.67. The topological polar surface area (TPSA) is 35.2 Å². The van der Waals surface area contributed by atoms with E-state index in [4.69, 9.17) is 22.1 Å². The Morgan fingerprint density at radius 3 is 2.44 bits per heavy atom. The largest absolute Gasteiger partial charge is 0.399 e. The van der Waals surface area contributed by atoms with Crippen LogP contribution in [0.2, 0.25) is 5.02 Å². The van der Waals surface area contributed by atoms with E-state index in [1.54, 1.807) is 0 Å². The van der Waals surface area contributed by atoms with E-state index >= 15 is 0 Å². The lowest BCUT2D eigenvalue weighted by Crippen LogP contribution is -1.99. The predicted molar refractivity (Wildman–Crippen MR) is 75.7 cm³/mol. The monoisotopic (exact) mass is 261 g/mol. The third kappa shape index (κ3) is 3.76. The zero-order chi connectivity index (χ0) is 12.8. The van der Waals surface area contributed by atoms with E-state index in [1.165, 1.54) is 5.56 Å². The van der Waals surface area contributed by atoms with Crippen LogP contribution < -0.4 is 5.73 Å². The summed E-state index contributed by atoms with van der Waals surface area (Å²) in [5.74, 6) is 0. The molecule has 0 bridgehead atoms. The average Bonchev–Trinajstić information content (AvgIpc) is 2.39. The third-order valence-electron chi connectivity index (χ3n) is 2.73. The number of halogens is 1. The van der Waals surface area contributed by atoms with E-state index < -0.39 is 0 Å². The van der Waals surface area contributed by atoms with Crippen molar-refractivity contribution >= 4 is 17.3 Å². The molecule has 0 fully saturated rings. The highest BCUT2D eigenvalue weighted by Crippen LogP contribution is 2.15. The van der Waals surface area contributed by atoms with E-state index in [0.29, 0.717) is 13.2 Å². The molecule has 0 aliphatic rings. The van der Waals surface area contributed by atoms with Gasteiger partial charge in [0.2, 0.25) is 0 Å². The molecular weight excluding hydrogens is 246 g/mol. The maximum absolute atomic E-state index is 6.04. The van der Waals surface area contributed by atoms with E-state index in [9.17, 15) is 0 Å². The maximum Gasteiger partial charge on any atom is 0.0731 e. The Kier molecular flexibility index (Phi) is 4.62. The zero-order valence-corrected chi connectivity index (χ0v) is 10.9. The Morgan fingerprint density at radius 1 is 1.00 bits per heavy atom. The molecule has 18 heavy (non-hydrogen) atoms. The van der Waals surface area contributed by atoms with E-state index in [-0.39, 0.29) is 0 Å². The summed E-state index contributed by atoms with van der Waals surface area (Å²) in [5, 5.41) is 0.755. The third-order valence-corrected chi connectivity index (χ3v) is 3.10. The normalized spacial score (nSPS) is 10.5. The number of nitrogens with two attached hydrogens (primary N) is 1. The predicted octanol–water partition coefficient (Wildman–Crippen LogP) is 3.68. The van der Waals surface area contributed by atoms with Gasteiger partial charge in [-0.25, -0.2) is 0 Å². The van der Waals surface area contributed by atoms with Gasteiger partial charge in [-0.15, -0.1) is 0 Å². The highest BCUT2D eigenvalue weighted by molar-refractivity contribution is 6.31. The van der Waals surface area contributed by atoms with Crippen molar-refractivity contribution < 1.29 is 4.74 Å². The zero-order valence-electron chi connectivity index (χ0n) is 10.1. The van der Waals surface area contributed by atoms with Gasteiger partial charge in [-0.2, -0.15) is 0 Å². The molecule has 0 aliphatic heterocycles. The van der Waals surface area contributed by atoms with Crippen molar-refractivity contribution in [2.45, 2.75) is 13.0 Å². The molecule has 0 saturated heterocycles. The lowest BCUT2D eigenvalue weighted by atomic mass is 10.1. The van der Waals surface area contributed by atoms with Crippen molar-refractivity contribution in [3.8, 4) is 0 Å². The van der Waals surface area contributed by atoms with Crippen molar-refractivity contribution in [1.29, 1.82) is 0 Å². The van der Waals surface area contributed by atoms with Gasteiger partial charge in [-0.1, -0.05) is 41.9 Å². The molecule has 2 aromatic carbocycles. The second-order valence-corrected chi connectivity index (χ2v) is 4.54. The Balaban J connectivity index is 1.76. The average molecular weight is 262 g/mol. The molecule has 0 unspecified atom stereocenters. The van der Waals surface area contributed by atoms with Crippen LogP contribution in [0.5, 0.6) is 0 Å². The van der Waals surface area contributed by atoms with E-state index in [0.717, 1.165) is 22.7 Å². The molecule has 0 radical (unpaired) electrons. The van der Waals surface area contributed by atoms with E-state index in [2.05, 4.69) is 0 Å². The van der Waals surface area contributed by atoms with Gasteiger partial charge in [0.1, 0.15) is 0 Å². The summed E-state index contributed by atoms with van der Waals surface area (Å²) in [7, 11) is 0. The summed E-state index contributed by atoms with van der Waals surface area (Å²) in [6.07, 6.45) is 0.880. The Hall–Kier alpha value is -1.51. The summed E-state index contributed by atoms with van der Waals surface area (Å²) >= 11 is 6.04. The van der Waals surface area contributed by atoms with Crippen LogP contribution in [0, 0.1) is 0 Å². The Labute approximate surface area is 112 Å². The SMILES string of the molecule is Nc1ccc(CCOCc2ccccc2Cl)cc1. The summed E-state index contributed by atoms with van der Waals surface area (Å²) < 4.78 is 5.62. The van der Waals surface area contributed by atoms with Crippen LogP contribution in [0.25, 0.3) is 0 Å². The number of ether oxygens (including phenoxy) is 1. The van der Waals surface area contributed by atoms with Crippen molar-refractivity contribution in [3.63, 3.8) is 0 Å². The van der Waals surface area contributed by atoms with E-state index in [1.807, 2.05) is 48.5 Å². The second-order valence-electron chi connectivity index (χ2n) is 4.14. The van der Waals surface area contributed by atoms with Gasteiger partial charge < -0.3 is 10.5 Å². The number of hydrogen-bond acceptors (Lipinski definition) is 2. The summed E-state index contributed by atoms with van der Waals surface area (Å²) in [6.45, 7) is 1.23. The first-order valence-electron chi connectivity index (χ1n) is 5.91. The summed E-state index contributed by atoms with van der Waals surface area (Å²) in [4.78, 5) is 0. The van der Waals surface area contributed by atoms with Gasteiger partial charge in [-0.3, -0.25) is 0 Å². The van der Waals surface area contributed by atoms with Crippen LogP contribution in [-0.4, -0.2) is 6.61 Å². The highest BCUT2D eigenvalue weighted by atomic mass is 35.5. The van der Waals surface area contributed by atoms with Gasteiger partial charge in [0, 0.05) is 10.7 Å². The fourth-order valence-corrected chi connectivity index (χ4v) is 1.86. The fraction of sp³-hybridized carbons (Fsp3) is 0.200. The first-order valence-corrected chi connectivity index (χ1v) is 6.29. The lowest BCUT2D eigenvalue weighted by Gasteiger charge is -2.06. The van der Waals surface area contributed by atoms with Crippen LogP contribution in [0.15, 0.2) is 48.5 Å². The minimum absolute atomic E-state index is 0.550. The molecule has 3 heteroatoms. The van der Waals surface area contributed by atoms with Gasteiger partial charge in [-0.05, 0) is 35.7 Å². The maximum atomic E-state index is 6.04. The van der Waals surface area contributed by atoms with Crippen LogP contribution in [-0.2, 0) is 17.8 Å². The molecule has 2 N–H and O–H groups in total. The van der Waals surface area contributed by atoms with Crippen LogP contribution >= 0.6 is 11.6 Å². The number of nitrogen functional groups attached to an aromatic ring is 1. The Morgan fingerprint density at radius 2 is 1.72 bits per heavy atom. The molecule has 0 heterocycles. The minimum atomic E-state index is 0.550. The van der Waals surface area contributed by atoms with Crippen molar-refractivity contribution in [1.82, 2.24) is 0 Å². The summed E-state index contributed by atoms with van der Waals surface area (Å²) in [6, 6.07) is 15.6. The van der Waals surface area contributed by atoms with Crippen molar-refractivity contribution in [2.75, 3.05) is 12.3 Å². The molecule has 0 aliphatic carbocycles. The van der Waals surface area contributed by atoms with Gasteiger partial charge in [0.15, 0.2) is 0 Å².